The number of hydrogen-bond acceptors (Lipinski definition) is 4. The molecular formula is C12H15N3S. The summed E-state index contributed by atoms with van der Waals surface area (Å²) in [5.74, 6) is 0.889. The molecule has 0 amide bonds. The van der Waals surface area contributed by atoms with Crippen LogP contribution < -0.4 is 5.32 Å². The summed E-state index contributed by atoms with van der Waals surface area (Å²) in [6, 6.07) is 4.02. The van der Waals surface area contributed by atoms with Gasteiger partial charge in [-0.25, -0.2) is 9.97 Å². The Morgan fingerprint density at radius 3 is 2.69 bits per heavy atom. The molecule has 0 aliphatic heterocycles. The van der Waals surface area contributed by atoms with Crippen LogP contribution in [0, 0.1) is 6.92 Å². The van der Waals surface area contributed by atoms with Gasteiger partial charge in [0.25, 0.3) is 0 Å². The van der Waals surface area contributed by atoms with Gasteiger partial charge in [-0.3, -0.25) is 0 Å². The van der Waals surface area contributed by atoms with Crippen LogP contribution in [-0.2, 0) is 5.54 Å². The highest BCUT2D eigenvalue weighted by atomic mass is 32.1. The molecule has 84 valence electrons. The second-order valence-electron chi connectivity index (χ2n) is 4.31. The van der Waals surface area contributed by atoms with Gasteiger partial charge >= 0.3 is 0 Å². The van der Waals surface area contributed by atoms with E-state index in [0.717, 1.165) is 10.8 Å². The van der Waals surface area contributed by atoms with Crippen LogP contribution in [0.25, 0.3) is 0 Å². The third kappa shape index (κ3) is 2.39. The highest BCUT2D eigenvalue weighted by Crippen LogP contribution is 2.26. The van der Waals surface area contributed by atoms with Crippen molar-refractivity contribution in [1.29, 1.82) is 0 Å². The first-order valence-corrected chi connectivity index (χ1v) is 6.07. The smallest absolute Gasteiger partial charge is 0.126 e. The van der Waals surface area contributed by atoms with Crippen molar-refractivity contribution < 1.29 is 0 Å². The van der Waals surface area contributed by atoms with Crippen LogP contribution in [0.15, 0.2) is 29.9 Å². The molecule has 0 saturated carbocycles. The summed E-state index contributed by atoms with van der Waals surface area (Å²) in [5.41, 5.74) is 1.02. The van der Waals surface area contributed by atoms with Crippen LogP contribution in [0.5, 0.6) is 0 Å². The van der Waals surface area contributed by atoms with Gasteiger partial charge in [-0.15, -0.1) is 11.3 Å². The Balaban J connectivity index is 2.21. The van der Waals surface area contributed by atoms with Gasteiger partial charge in [-0.2, -0.15) is 0 Å². The number of pyridine rings is 1. The van der Waals surface area contributed by atoms with Crippen LogP contribution in [0.3, 0.4) is 0 Å². The van der Waals surface area contributed by atoms with Gasteiger partial charge in [-0.1, -0.05) is 0 Å². The van der Waals surface area contributed by atoms with Crippen molar-refractivity contribution in [3.8, 4) is 0 Å². The van der Waals surface area contributed by atoms with E-state index in [2.05, 4.69) is 36.1 Å². The number of aromatic nitrogens is 2. The summed E-state index contributed by atoms with van der Waals surface area (Å²) >= 11 is 1.65. The first kappa shape index (κ1) is 11.1. The number of hydrogen-bond donors (Lipinski definition) is 1. The molecule has 2 heterocycles. The minimum absolute atomic E-state index is 0.186. The van der Waals surface area contributed by atoms with Gasteiger partial charge < -0.3 is 5.32 Å². The number of aryl methyl sites for hydroxylation is 1. The highest BCUT2D eigenvalue weighted by Gasteiger charge is 2.23. The van der Waals surface area contributed by atoms with Gasteiger partial charge in [0.2, 0.25) is 0 Å². The predicted molar refractivity (Wildman–Crippen MR) is 67.7 cm³/mol. The Bertz CT molecular complexity index is 463. The first-order valence-electron chi connectivity index (χ1n) is 5.19. The maximum atomic E-state index is 4.33. The molecule has 0 unspecified atom stereocenters. The number of nitrogens with zero attached hydrogens (tertiary/aromatic N) is 2. The Hall–Kier alpha value is -1.42. The first-order chi connectivity index (χ1) is 7.58. The zero-order chi connectivity index (χ0) is 11.6. The maximum Gasteiger partial charge on any atom is 0.126 e. The van der Waals surface area contributed by atoms with Gasteiger partial charge in [0.1, 0.15) is 10.8 Å². The fraction of sp³-hybridized carbons (Fsp3) is 0.333. The lowest BCUT2D eigenvalue weighted by Crippen LogP contribution is -2.28. The van der Waals surface area contributed by atoms with E-state index in [0.29, 0.717) is 0 Å². The Labute approximate surface area is 99.6 Å². The molecule has 0 bridgehead atoms. The summed E-state index contributed by atoms with van der Waals surface area (Å²) in [5, 5.41) is 6.45. The van der Waals surface area contributed by atoms with Gasteiger partial charge in [-0.05, 0) is 38.5 Å². The quantitative estimate of drug-likeness (QED) is 0.884. The predicted octanol–water partition coefficient (Wildman–Crippen LogP) is 3.19. The lowest BCUT2D eigenvalue weighted by molar-refractivity contribution is 0.601. The van der Waals surface area contributed by atoms with Gasteiger partial charge in [0, 0.05) is 17.8 Å². The SMILES string of the molecule is Cc1ccnc(NC(C)(C)c2nccs2)c1. The topological polar surface area (TPSA) is 37.8 Å². The van der Waals surface area contributed by atoms with Crippen molar-refractivity contribution in [2.24, 2.45) is 0 Å². The number of thiazole rings is 1. The molecule has 1 N–H and O–H groups in total. The van der Waals surface area contributed by atoms with Crippen molar-refractivity contribution in [1.82, 2.24) is 9.97 Å². The van der Waals surface area contributed by atoms with Crippen LogP contribution in [0.2, 0.25) is 0 Å². The fourth-order valence-electron chi connectivity index (χ4n) is 1.51. The summed E-state index contributed by atoms with van der Waals surface area (Å²) in [6.45, 7) is 6.27. The molecule has 16 heavy (non-hydrogen) atoms. The summed E-state index contributed by atoms with van der Waals surface area (Å²) in [6.07, 6.45) is 3.64. The molecule has 0 atom stereocenters. The molecule has 0 aliphatic rings. The largest absolute Gasteiger partial charge is 0.359 e. The Morgan fingerprint density at radius 1 is 1.25 bits per heavy atom. The van der Waals surface area contributed by atoms with Crippen LogP contribution in [0.4, 0.5) is 5.82 Å². The second kappa shape index (κ2) is 4.22. The number of anilines is 1. The fourth-order valence-corrected chi connectivity index (χ4v) is 2.23. The minimum atomic E-state index is -0.186. The summed E-state index contributed by atoms with van der Waals surface area (Å²) < 4.78 is 0. The van der Waals surface area contributed by atoms with Crippen molar-refractivity contribution in [3.63, 3.8) is 0 Å². The van der Waals surface area contributed by atoms with Crippen LogP contribution in [0.1, 0.15) is 24.4 Å². The Kier molecular flexibility index (Phi) is 2.92. The zero-order valence-electron chi connectivity index (χ0n) is 9.69. The molecule has 0 radical (unpaired) electrons. The number of nitrogens with one attached hydrogen (secondary N) is 1. The summed E-state index contributed by atoms with van der Waals surface area (Å²) in [7, 11) is 0. The van der Waals surface area contributed by atoms with E-state index >= 15 is 0 Å². The standard InChI is InChI=1S/C12H15N3S/c1-9-4-5-13-10(8-9)15-12(2,3)11-14-6-7-16-11/h4-8H,1-3H3,(H,13,15). The third-order valence-corrected chi connectivity index (χ3v) is 3.42. The number of rotatable bonds is 3. The lowest BCUT2D eigenvalue weighted by Gasteiger charge is -2.24. The molecule has 2 aromatic heterocycles. The molecule has 0 fully saturated rings. The zero-order valence-corrected chi connectivity index (χ0v) is 10.5. The van der Waals surface area contributed by atoms with Crippen molar-refractivity contribution in [2.75, 3.05) is 5.32 Å². The molecule has 0 saturated heterocycles. The molecule has 0 aliphatic carbocycles. The molecule has 2 aromatic rings. The van der Waals surface area contributed by atoms with E-state index < -0.39 is 0 Å². The van der Waals surface area contributed by atoms with Crippen LogP contribution in [-0.4, -0.2) is 9.97 Å². The highest BCUT2D eigenvalue weighted by molar-refractivity contribution is 7.09. The summed E-state index contributed by atoms with van der Waals surface area (Å²) in [4.78, 5) is 8.64. The van der Waals surface area contributed by atoms with Crippen molar-refractivity contribution in [3.05, 3.63) is 40.5 Å². The van der Waals surface area contributed by atoms with Gasteiger partial charge in [0.05, 0.1) is 5.54 Å². The van der Waals surface area contributed by atoms with E-state index in [9.17, 15) is 0 Å². The molecule has 0 aromatic carbocycles. The van der Waals surface area contributed by atoms with Crippen LogP contribution >= 0.6 is 11.3 Å². The van der Waals surface area contributed by atoms with E-state index in [1.807, 2.05) is 29.9 Å². The second-order valence-corrected chi connectivity index (χ2v) is 5.20. The average molecular weight is 233 g/mol. The average Bonchev–Trinajstić information content (AvgIpc) is 2.69. The van der Waals surface area contributed by atoms with Crippen molar-refractivity contribution in [2.45, 2.75) is 26.3 Å². The monoisotopic (exact) mass is 233 g/mol. The lowest BCUT2D eigenvalue weighted by atomic mass is 10.1. The molecule has 2 rings (SSSR count). The molecular weight excluding hydrogens is 218 g/mol. The third-order valence-electron chi connectivity index (χ3n) is 2.32. The maximum absolute atomic E-state index is 4.33. The molecule has 4 heteroatoms. The van der Waals surface area contributed by atoms with Gasteiger partial charge in [0.15, 0.2) is 0 Å². The Morgan fingerprint density at radius 2 is 2.06 bits per heavy atom. The normalized spacial score (nSPS) is 11.4. The molecule has 3 nitrogen and oxygen atoms in total. The van der Waals surface area contributed by atoms with E-state index in [-0.39, 0.29) is 5.54 Å². The molecule has 0 spiro atoms. The van der Waals surface area contributed by atoms with E-state index in [1.165, 1.54) is 5.56 Å². The van der Waals surface area contributed by atoms with Crippen molar-refractivity contribution >= 4 is 17.2 Å². The minimum Gasteiger partial charge on any atom is -0.359 e. The van der Waals surface area contributed by atoms with E-state index in [4.69, 9.17) is 0 Å². The van der Waals surface area contributed by atoms with E-state index in [1.54, 1.807) is 11.3 Å².